The third-order valence-corrected chi connectivity index (χ3v) is 5.60. The zero-order valence-electron chi connectivity index (χ0n) is 12.9. The van der Waals surface area contributed by atoms with E-state index in [9.17, 15) is 0 Å². The van der Waals surface area contributed by atoms with Gasteiger partial charge in [0.2, 0.25) is 0 Å². The molecule has 0 N–H and O–H groups in total. The predicted molar refractivity (Wildman–Crippen MR) is 95.6 cm³/mol. The molecule has 3 heteroatoms. The molecule has 0 aromatic carbocycles. The molecule has 2 fully saturated rings. The molecule has 2 rings (SSSR count). The van der Waals surface area contributed by atoms with E-state index >= 15 is 0 Å². The van der Waals surface area contributed by atoms with Crippen molar-refractivity contribution in [1.29, 1.82) is 0 Å². The maximum Gasteiger partial charge on any atom is 0.133 e. The van der Waals surface area contributed by atoms with Gasteiger partial charge in [0.25, 0.3) is 0 Å². The van der Waals surface area contributed by atoms with E-state index in [0.29, 0.717) is 12.1 Å². The first-order chi connectivity index (χ1) is 9.79. The summed E-state index contributed by atoms with van der Waals surface area (Å²) in [6, 6.07) is 1.34. The maximum absolute atomic E-state index is 5.52. The van der Waals surface area contributed by atoms with Gasteiger partial charge < -0.3 is 4.90 Å². The first kappa shape index (κ1) is 16.6. The molecular formula is C17H31NS2. The highest BCUT2D eigenvalue weighted by Crippen LogP contribution is 2.29. The molecule has 0 aromatic heterocycles. The molecule has 20 heavy (non-hydrogen) atoms. The summed E-state index contributed by atoms with van der Waals surface area (Å²) < 4.78 is 0.862. The van der Waals surface area contributed by atoms with Crippen molar-refractivity contribution in [3.63, 3.8) is 0 Å². The van der Waals surface area contributed by atoms with Crippen molar-refractivity contribution < 1.29 is 0 Å². The number of thiol groups is 1. The van der Waals surface area contributed by atoms with Gasteiger partial charge in [-0.3, -0.25) is 0 Å². The highest BCUT2D eigenvalue weighted by Gasteiger charge is 2.27. The first-order valence-corrected chi connectivity index (χ1v) is 9.66. The molecule has 2 aliphatic carbocycles. The van der Waals surface area contributed by atoms with Gasteiger partial charge in [0, 0.05) is 12.1 Å². The smallest absolute Gasteiger partial charge is 0.133 e. The molecule has 0 amide bonds. The fraction of sp³-hybridized carbons (Fsp3) is 0.941. The second-order valence-electron chi connectivity index (χ2n) is 6.69. The average molecular weight is 314 g/mol. The summed E-state index contributed by atoms with van der Waals surface area (Å²) in [5.41, 5.74) is 0. The van der Waals surface area contributed by atoms with E-state index in [-0.39, 0.29) is 0 Å². The summed E-state index contributed by atoms with van der Waals surface area (Å²) in [6.45, 7) is 0. The summed E-state index contributed by atoms with van der Waals surface area (Å²) in [5, 5.41) is 0. The summed E-state index contributed by atoms with van der Waals surface area (Å²) in [7, 11) is 0. The van der Waals surface area contributed by atoms with Crippen LogP contribution in [0.5, 0.6) is 0 Å². The second kappa shape index (κ2) is 9.30. The van der Waals surface area contributed by atoms with Crippen molar-refractivity contribution in [2.24, 2.45) is 0 Å². The molecule has 116 valence electrons. The van der Waals surface area contributed by atoms with Crippen LogP contribution in [0.25, 0.3) is 0 Å². The molecule has 0 atom stereocenters. The Morgan fingerprint density at radius 2 is 0.950 bits per heavy atom. The molecule has 2 saturated carbocycles. The van der Waals surface area contributed by atoms with Crippen molar-refractivity contribution in [2.45, 2.75) is 102 Å². The Hall–Kier alpha value is 0.240. The van der Waals surface area contributed by atoms with Crippen LogP contribution in [0.15, 0.2) is 0 Å². The summed E-state index contributed by atoms with van der Waals surface area (Å²) in [6.07, 6.45) is 19.3. The minimum absolute atomic E-state index is 0.671. The van der Waals surface area contributed by atoms with Crippen molar-refractivity contribution in [2.75, 3.05) is 0 Å². The lowest BCUT2D eigenvalue weighted by Gasteiger charge is -2.40. The van der Waals surface area contributed by atoms with Crippen LogP contribution < -0.4 is 0 Å². The van der Waals surface area contributed by atoms with Crippen LogP contribution in [0, 0.1) is 0 Å². The van der Waals surface area contributed by atoms with Crippen LogP contribution in [0.4, 0.5) is 0 Å². The third-order valence-electron chi connectivity index (χ3n) is 5.16. The zero-order chi connectivity index (χ0) is 14.2. The first-order valence-electron chi connectivity index (χ1n) is 8.80. The Kier molecular flexibility index (Phi) is 7.72. The quantitative estimate of drug-likeness (QED) is 0.512. The Morgan fingerprint density at radius 3 is 1.25 bits per heavy atom. The Balaban J connectivity index is 2.00. The molecular weight excluding hydrogens is 282 g/mol. The standard InChI is InChI=1S/C17H31NS2/c19-17(20)18(15-11-7-3-1-4-8-12-15)16-13-9-5-2-6-10-14-16/h15-16H,1-14H2,(H,19,20). The highest BCUT2D eigenvalue weighted by molar-refractivity contribution is 8.10. The van der Waals surface area contributed by atoms with E-state index in [0.717, 1.165) is 4.32 Å². The van der Waals surface area contributed by atoms with Gasteiger partial charge in [0.1, 0.15) is 4.32 Å². The Labute approximate surface area is 136 Å². The molecule has 0 aliphatic heterocycles. The van der Waals surface area contributed by atoms with E-state index in [1.165, 1.54) is 89.9 Å². The number of hydrogen-bond acceptors (Lipinski definition) is 1. The second-order valence-corrected chi connectivity index (χ2v) is 7.80. The number of thiocarbonyl (C=S) groups is 1. The lowest BCUT2D eigenvalue weighted by molar-refractivity contribution is 0.180. The number of nitrogens with zero attached hydrogens (tertiary/aromatic N) is 1. The van der Waals surface area contributed by atoms with E-state index in [1.54, 1.807) is 0 Å². The highest BCUT2D eigenvalue weighted by atomic mass is 32.1. The van der Waals surface area contributed by atoms with E-state index in [2.05, 4.69) is 17.5 Å². The molecule has 0 saturated heterocycles. The normalized spacial score (nSPS) is 24.2. The van der Waals surface area contributed by atoms with Gasteiger partial charge in [-0.25, -0.2) is 0 Å². The molecule has 2 aliphatic rings. The Morgan fingerprint density at radius 1 is 0.650 bits per heavy atom. The van der Waals surface area contributed by atoms with Crippen molar-refractivity contribution in [3.05, 3.63) is 0 Å². The van der Waals surface area contributed by atoms with E-state index in [1.807, 2.05) is 0 Å². The fourth-order valence-corrected chi connectivity index (χ4v) is 4.66. The lowest BCUT2D eigenvalue weighted by atomic mass is 9.91. The Bertz CT molecular complexity index is 255. The van der Waals surface area contributed by atoms with Crippen LogP contribution >= 0.6 is 24.8 Å². The van der Waals surface area contributed by atoms with Crippen LogP contribution in [-0.4, -0.2) is 21.3 Å². The third kappa shape index (κ3) is 5.22. The van der Waals surface area contributed by atoms with Gasteiger partial charge in [-0.05, 0) is 25.7 Å². The van der Waals surface area contributed by atoms with E-state index < -0.39 is 0 Å². The van der Waals surface area contributed by atoms with Crippen LogP contribution in [0.3, 0.4) is 0 Å². The molecule has 0 spiro atoms. The molecule has 1 nitrogen and oxygen atoms in total. The van der Waals surface area contributed by atoms with Crippen molar-refractivity contribution in [1.82, 2.24) is 4.90 Å². The minimum atomic E-state index is 0.671. The van der Waals surface area contributed by atoms with Gasteiger partial charge in [-0.15, -0.1) is 12.6 Å². The summed E-state index contributed by atoms with van der Waals surface area (Å²) in [5.74, 6) is 0. The van der Waals surface area contributed by atoms with Crippen LogP contribution in [0.1, 0.15) is 89.9 Å². The number of rotatable bonds is 2. The molecule has 0 unspecified atom stereocenters. The molecule has 0 heterocycles. The minimum Gasteiger partial charge on any atom is -0.352 e. The predicted octanol–water partition coefficient (Wildman–Crippen LogP) is 5.73. The summed E-state index contributed by atoms with van der Waals surface area (Å²) in [4.78, 5) is 2.55. The van der Waals surface area contributed by atoms with Crippen LogP contribution in [0.2, 0.25) is 0 Å². The van der Waals surface area contributed by atoms with Gasteiger partial charge in [-0.1, -0.05) is 76.4 Å². The van der Waals surface area contributed by atoms with Gasteiger partial charge in [0.05, 0.1) is 0 Å². The molecule has 0 radical (unpaired) electrons. The van der Waals surface area contributed by atoms with Crippen molar-refractivity contribution >= 4 is 29.2 Å². The van der Waals surface area contributed by atoms with Crippen molar-refractivity contribution in [3.8, 4) is 0 Å². The largest absolute Gasteiger partial charge is 0.352 e. The van der Waals surface area contributed by atoms with E-state index in [4.69, 9.17) is 12.2 Å². The number of hydrogen-bond donors (Lipinski definition) is 1. The summed E-state index contributed by atoms with van der Waals surface area (Å²) >= 11 is 10.1. The van der Waals surface area contributed by atoms with Gasteiger partial charge in [0.15, 0.2) is 0 Å². The SMILES string of the molecule is S=C(S)N(C1CCCCCCC1)C1CCCCCCC1. The molecule has 0 bridgehead atoms. The zero-order valence-corrected chi connectivity index (χ0v) is 14.6. The average Bonchev–Trinajstić information content (AvgIpc) is 2.33. The van der Waals surface area contributed by atoms with Gasteiger partial charge >= 0.3 is 0 Å². The van der Waals surface area contributed by atoms with Crippen LogP contribution in [-0.2, 0) is 0 Å². The molecule has 0 aromatic rings. The monoisotopic (exact) mass is 313 g/mol. The fourth-order valence-electron chi connectivity index (χ4n) is 4.04. The van der Waals surface area contributed by atoms with Gasteiger partial charge in [-0.2, -0.15) is 0 Å². The maximum atomic E-state index is 5.52. The lowest BCUT2D eigenvalue weighted by Crippen LogP contribution is -2.45. The topological polar surface area (TPSA) is 3.24 Å².